The Balaban J connectivity index is 1.41. The molecule has 0 spiro atoms. The van der Waals surface area contributed by atoms with Crippen LogP contribution < -0.4 is 0 Å². The normalized spacial score (nSPS) is 25.3. The molecule has 1 aromatic rings. The lowest BCUT2D eigenvalue weighted by Gasteiger charge is -2.40. The van der Waals surface area contributed by atoms with Gasteiger partial charge in [0, 0.05) is 32.1 Å². The first-order valence-corrected chi connectivity index (χ1v) is 10.4. The third-order valence-corrected chi connectivity index (χ3v) is 6.94. The van der Waals surface area contributed by atoms with Gasteiger partial charge in [-0.3, -0.25) is 14.4 Å². The molecule has 2 amide bonds. The number of aliphatic carboxylic acids is 1. The monoisotopic (exact) mass is 384 g/mol. The van der Waals surface area contributed by atoms with E-state index in [0.29, 0.717) is 44.9 Å². The highest BCUT2D eigenvalue weighted by molar-refractivity contribution is 5.90. The van der Waals surface area contributed by atoms with E-state index in [1.54, 1.807) is 4.90 Å². The fraction of sp³-hybridized carbons (Fsp3) is 0.591. The Labute approximate surface area is 165 Å². The minimum absolute atomic E-state index is 0.0147. The molecule has 1 aliphatic carbocycles. The van der Waals surface area contributed by atoms with E-state index >= 15 is 0 Å². The van der Waals surface area contributed by atoms with Crippen LogP contribution in [0.4, 0.5) is 0 Å². The van der Waals surface area contributed by atoms with E-state index in [1.807, 2.05) is 35.2 Å². The summed E-state index contributed by atoms with van der Waals surface area (Å²) in [4.78, 5) is 41.2. The van der Waals surface area contributed by atoms with Gasteiger partial charge in [0.25, 0.3) is 0 Å². The van der Waals surface area contributed by atoms with E-state index in [2.05, 4.69) is 0 Å². The number of carbonyl (C=O) groups excluding carboxylic acids is 2. The summed E-state index contributed by atoms with van der Waals surface area (Å²) in [6.45, 7) is 1.38. The van der Waals surface area contributed by atoms with E-state index < -0.39 is 11.4 Å². The van der Waals surface area contributed by atoms with Crippen molar-refractivity contribution in [2.45, 2.75) is 56.4 Å². The first-order valence-electron chi connectivity index (χ1n) is 10.4. The molecule has 2 saturated heterocycles. The van der Waals surface area contributed by atoms with Gasteiger partial charge in [-0.05, 0) is 31.2 Å². The van der Waals surface area contributed by atoms with Crippen LogP contribution in [0.1, 0.15) is 50.5 Å². The predicted molar refractivity (Wildman–Crippen MR) is 104 cm³/mol. The molecule has 1 unspecified atom stereocenters. The molecule has 6 heteroatoms. The highest BCUT2D eigenvalue weighted by Gasteiger charge is 2.46. The molecular formula is C22H28N2O4. The van der Waals surface area contributed by atoms with Crippen molar-refractivity contribution in [2.75, 3.05) is 19.6 Å². The number of benzene rings is 1. The van der Waals surface area contributed by atoms with Gasteiger partial charge in [-0.15, -0.1) is 0 Å². The molecule has 1 atom stereocenters. The van der Waals surface area contributed by atoms with Gasteiger partial charge in [-0.1, -0.05) is 43.2 Å². The number of piperidine rings is 1. The minimum Gasteiger partial charge on any atom is -0.481 e. The molecule has 3 fully saturated rings. The molecule has 1 N–H and O–H groups in total. The summed E-state index contributed by atoms with van der Waals surface area (Å²) >= 11 is 0. The second-order valence-electron chi connectivity index (χ2n) is 8.46. The molecule has 0 aromatic heterocycles. The van der Waals surface area contributed by atoms with Crippen LogP contribution in [0.2, 0.25) is 0 Å². The van der Waals surface area contributed by atoms with Crippen molar-refractivity contribution in [3.05, 3.63) is 35.9 Å². The van der Waals surface area contributed by atoms with Gasteiger partial charge in [0.05, 0.1) is 11.3 Å². The molecule has 6 nitrogen and oxygen atoms in total. The number of hydrogen-bond acceptors (Lipinski definition) is 3. The van der Waals surface area contributed by atoms with E-state index in [0.717, 1.165) is 31.2 Å². The van der Waals surface area contributed by atoms with E-state index in [4.69, 9.17) is 0 Å². The van der Waals surface area contributed by atoms with E-state index in [9.17, 15) is 19.5 Å². The fourth-order valence-electron chi connectivity index (χ4n) is 5.22. The highest BCUT2D eigenvalue weighted by Crippen LogP contribution is 2.37. The Hall–Kier alpha value is -2.37. The van der Waals surface area contributed by atoms with Gasteiger partial charge in [-0.25, -0.2) is 0 Å². The van der Waals surface area contributed by atoms with Gasteiger partial charge in [0.1, 0.15) is 0 Å². The molecule has 2 aliphatic heterocycles. The van der Waals surface area contributed by atoms with Crippen LogP contribution >= 0.6 is 0 Å². The summed E-state index contributed by atoms with van der Waals surface area (Å²) in [5, 5.41) is 9.91. The van der Waals surface area contributed by atoms with Gasteiger partial charge in [-0.2, -0.15) is 0 Å². The van der Waals surface area contributed by atoms with E-state index in [-0.39, 0.29) is 17.7 Å². The predicted octanol–water partition coefficient (Wildman–Crippen LogP) is 2.42. The second-order valence-corrected chi connectivity index (χ2v) is 8.46. The molecule has 3 aliphatic rings. The molecular weight excluding hydrogens is 356 g/mol. The molecule has 150 valence electrons. The maximum absolute atomic E-state index is 13.0. The zero-order valence-electron chi connectivity index (χ0n) is 16.2. The SMILES string of the molecule is O=C(C1CC(=O)N(C2CCCC2)C1)N1CCC(C(=O)O)(c2ccccc2)CC1. The van der Waals surface area contributed by atoms with Crippen molar-refractivity contribution >= 4 is 17.8 Å². The summed E-state index contributed by atoms with van der Waals surface area (Å²) in [5.74, 6) is -0.983. The molecule has 4 rings (SSSR count). The lowest BCUT2D eigenvalue weighted by molar-refractivity contribution is -0.149. The van der Waals surface area contributed by atoms with Crippen LogP contribution in [-0.2, 0) is 19.8 Å². The van der Waals surface area contributed by atoms with Crippen LogP contribution in [0, 0.1) is 5.92 Å². The zero-order valence-corrected chi connectivity index (χ0v) is 16.2. The number of likely N-dealkylation sites (tertiary alicyclic amines) is 2. The number of carboxylic acid groups (broad SMARTS) is 1. The number of amides is 2. The standard InChI is InChI=1S/C22H28N2O4/c25-19-14-16(15-24(19)18-8-4-5-9-18)20(26)23-12-10-22(11-13-23,21(27)28)17-6-2-1-3-7-17/h1-3,6-7,16,18H,4-5,8-15H2,(H,27,28). The number of nitrogens with zero attached hydrogens (tertiary/aromatic N) is 2. The number of hydrogen-bond donors (Lipinski definition) is 1. The average Bonchev–Trinajstić information content (AvgIpc) is 3.37. The topological polar surface area (TPSA) is 77.9 Å². The Morgan fingerprint density at radius 1 is 1.04 bits per heavy atom. The van der Waals surface area contributed by atoms with Crippen LogP contribution in [0.3, 0.4) is 0 Å². The van der Waals surface area contributed by atoms with Crippen molar-refractivity contribution in [1.29, 1.82) is 0 Å². The van der Waals surface area contributed by atoms with Gasteiger partial charge >= 0.3 is 5.97 Å². The minimum atomic E-state index is -0.931. The Morgan fingerprint density at radius 2 is 1.68 bits per heavy atom. The first kappa shape index (κ1) is 19.0. The smallest absolute Gasteiger partial charge is 0.314 e. The molecule has 0 bridgehead atoms. The lowest BCUT2D eigenvalue weighted by atomic mass is 9.72. The third-order valence-electron chi connectivity index (χ3n) is 6.94. The van der Waals surface area contributed by atoms with Crippen molar-refractivity contribution in [1.82, 2.24) is 9.80 Å². The molecule has 1 saturated carbocycles. The summed E-state index contributed by atoms with van der Waals surface area (Å²) in [6.07, 6.45) is 5.54. The largest absolute Gasteiger partial charge is 0.481 e. The number of rotatable bonds is 4. The van der Waals surface area contributed by atoms with Crippen molar-refractivity contribution in [3.8, 4) is 0 Å². The van der Waals surface area contributed by atoms with Crippen LogP contribution in [-0.4, -0.2) is 58.4 Å². The van der Waals surface area contributed by atoms with Crippen LogP contribution in [0.5, 0.6) is 0 Å². The summed E-state index contributed by atoms with van der Waals surface area (Å²) < 4.78 is 0. The number of carbonyl (C=O) groups is 3. The number of carboxylic acids is 1. The quantitative estimate of drug-likeness (QED) is 0.865. The van der Waals surface area contributed by atoms with E-state index in [1.165, 1.54) is 0 Å². The molecule has 0 radical (unpaired) electrons. The van der Waals surface area contributed by atoms with Crippen molar-refractivity contribution < 1.29 is 19.5 Å². The molecule has 28 heavy (non-hydrogen) atoms. The molecule has 1 aromatic carbocycles. The van der Waals surface area contributed by atoms with Gasteiger partial charge < -0.3 is 14.9 Å². The van der Waals surface area contributed by atoms with Crippen molar-refractivity contribution in [3.63, 3.8) is 0 Å². The highest BCUT2D eigenvalue weighted by atomic mass is 16.4. The average molecular weight is 384 g/mol. The Kier molecular flexibility index (Phi) is 5.13. The third kappa shape index (κ3) is 3.29. The summed E-state index contributed by atoms with van der Waals surface area (Å²) in [5.41, 5.74) is -0.127. The maximum atomic E-state index is 13.0. The molecule has 2 heterocycles. The first-order chi connectivity index (χ1) is 13.5. The zero-order chi connectivity index (χ0) is 19.7. The second kappa shape index (κ2) is 7.57. The Bertz CT molecular complexity index is 749. The van der Waals surface area contributed by atoms with Crippen molar-refractivity contribution in [2.24, 2.45) is 5.92 Å². The summed E-state index contributed by atoms with van der Waals surface area (Å²) in [6, 6.07) is 9.63. The summed E-state index contributed by atoms with van der Waals surface area (Å²) in [7, 11) is 0. The van der Waals surface area contributed by atoms with Gasteiger partial charge in [0.15, 0.2) is 0 Å². The lowest BCUT2D eigenvalue weighted by Crippen LogP contribution is -2.50. The maximum Gasteiger partial charge on any atom is 0.314 e. The van der Waals surface area contributed by atoms with Crippen LogP contribution in [0.15, 0.2) is 30.3 Å². The Morgan fingerprint density at radius 3 is 2.29 bits per heavy atom. The fourth-order valence-corrected chi connectivity index (χ4v) is 5.22. The van der Waals surface area contributed by atoms with Gasteiger partial charge in [0.2, 0.25) is 11.8 Å². The van der Waals surface area contributed by atoms with Crippen LogP contribution in [0.25, 0.3) is 0 Å².